The van der Waals surface area contributed by atoms with Crippen LogP contribution in [-0.4, -0.2) is 42.0 Å². The Kier molecular flexibility index (Phi) is 4.96. The van der Waals surface area contributed by atoms with Crippen LogP contribution < -0.4 is 0 Å². The molecule has 1 amide bonds. The molecule has 2 heterocycles. The predicted molar refractivity (Wildman–Crippen MR) is 91.0 cm³/mol. The van der Waals surface area contributed by atoms with Crippen molar-refractivity contribution in [2.24, 2.45) is 0 Å². The zero-order chi connectivity index (χ0) is 18.0. The lowest BCUT2D eigenvalue weighted by molar-refractivity contribution is -0.130. The fourth-order valence-electron chi connectivity index (χ4n) is 2.84. The van der Waals surface area contributed by atoms with Crippen molar-refractivity contribution < 1.29 is 23.8 Å². The molecule has 0 bridgehead atoms. The Labute approximate surface area is 148 Å². The first-order chi connectivity index (χ1) is 12.0. The third-order valence-corrected chi connectivity index (χ3v) is 4.88. The maximum Gasteiger partial charge on any atom is 0.290 e. The van der Waals surface area contributed by atoms with Gasteiger partial charge >= 0.3 is 0 Å². The summed E-state index contributed by atoms with van der Waals surface area (Å²) in [5.41, 5.74) is 0.560. The summed E-state index contributed by atoms with van der Waals surface area (Å²) in [4.78, 5) is 27.1. The number of hydrogen-bond acceptors (Lipinski definition) is 5. The smallest absolute Gasteiger partial charge is 0.290 e. The Morgan fingerprint density at radius 3 is 2.64 bits per heavy atom. The normalized spacial score (nSPS) is 17.4. The molecular formula is C18H16FNO4S. The molecule has 1 aromatic carbocycles. The number of rotatable bonds is 6. The van der Waals surface area contributed by atoms with Crippen LogP contribution in [0, 0.1) is 5.82 Å². The van der Waals surface area contributed by atoms with Gasteiger partial charge in [0.25, 0.3) is 5.91 Å². The molecule has 0 fully saturated rings. The zero-order valence-electron chi connectivity index (χ0n) is 13.4. The lowest BCUT2D eigenvalue weighted by Crippen LogP contribution is -2.33. The first kappa shape index (κ1) is 17.3. The largest absolute Gasteiger partial charge is 0.503 e. The quantitative estimate of drug-likeness (QED) is 0.803. The molecule has 25 heavy (non-hydrogen) atoms. The number of aliphatic hydroxyl groups is 1. The van der Waals surface area contributed by atoms with Gasteiger partial charge in [0, 0.05) is 13.7 Å². The molecule has 1 aliphatic rings. The third kappa shape index (κ3) is 3.20. The summed E-state index contributed by atoms with van der Waals surface area (Å²) >= 11 is 1.23. The van der Waals surface area contributed by atoms with Gasteiger partial charge in [-0.1, -0.05) is 18.2 Å². The van der Waals surface area contributed by atoms with Gasteiger partial charge in [0.1, 0.15) is 5.82 Å². The predicted octanol–water partition coefficient (Wildman–Crippen LogP) is 3.11. The van der Waals surface area contributed by atoms with Crippen molar-refractivity contribution in [3.05, 3.63) is 69.4 Å². The number of Topliss-reactive ketones (excluding diaryl/α,β-unsaturated/α-hetero) is 1. The first-order valence-electron chi connectivity index (χ1n) is 7.61. The van der Waals surface area contributed by atoms with E-state index in [1.807, 2.05) is 0 Å². The van der Waals surface area contributed by atoms with E-state index in [9.17, 15) is 19.1 Å². The molecule has 1 aromatic heterocycles. The summed E-state index contributed by atoms with van der Waals surface area (Å²) in [6.45, 7) is 0.444. The van der Waals surface area contributed by atoms with Crippen LogP contribution in [0.1, 0.15) is 21.3 Å². The molecule has 2 aromatic rings. The Morgan fingerprint density at radius 2 is 2.04 bits per heavy atom. The van der Waals surface area contributed by atoms with Gasteiger partial charge in [0.2, 0.25) is 5.78 Å². The average Bonchev–Trinajstić information content (AvgIpc) is 3.22. The molecule has 1 N–H and O–H groups in total. The number of methoxy groups -OCH3 is 1. The summed E-state index contributed by atoms with van der Waals surface area (Å²) in [6, 6.07) is 8.12. The van der Waals surface area contributed by atoms with Gasteiger partial charge in [0.15, 0.2) is 5.76 Å². The van der Waals surface area contributed by atoms with Crippen molar-refractivity contribution in [3.8, 4) is 0 Å². The lowest BCUT2D eigenvalue weighted by atomic mass is 9.95. The van der Waals surface area contributed by atoms with Crippen LogP contribution >= 0.6 is 11.3 Å². The topological polar surface area (TPSA) is 66.8 Å². The van der Waals surface area contributed by atoms with Gasteiger partial charge in [0.05, 0.1) is 23.1 Å². The van der Waals surface area contributed by atoms with Crippen LogP contribution in [0.5, 0.6) is 0 Å². The summed E-state index contributed by atoms with van der Waals surface area (Å²) in [5.74, 6) is -2.03. The standard InChI is InChI=1S/C18H16FNO4S/c1-24-9-8-20-15(11-4-6-12(19)7-5-11)14(17(22)18(20)23)16(21)13-3-2-10-25-13/h2-7,10,15,22H,8-9H2,1H3. The van der Waals surface area contributed by atoms with Crippen LogP contribution in [0.4, 0.5) is 4.39 Å². The highest BCUT2D eigenvalue weighted by atomic mass is 32.1. The number of aliphatic hydroxyl groups excluding tert-OH is 1. The molecule has 0 radical (unpaired) electrons. The van der Waals surface area contributed by atoms with E-state index in [4.69, 9.17) is 4.74 Å². The van der Waals surface area contributed by atoms with Crippen LogP contribution in [0.15, 0.2) is 53.1 Å². The molecule has 0 saturated heterocycles. The first-order valence-corrected chi connectivity index (χ1v) is 8.49. The van der Waals surface area contributed by atoms with E-state index in [2.05, 4.69) is 0 Å². The SMILES string of the molecule is COCCN1C(=O)C(O)=C(C(=O)c2cccs2)C1c1ccc(F)cc1. The van der Waals surface area contributed by atoms with Crippen molar-refractivity contribution in [2.45, 2.75) is 6.04 Å². The number of hydrogen-bond donors (Lipinski definition) is 1. The van der Waals surface area contributed by atoms with Gasteiger partial charge in [-0.2, -0.15) is 0 Å². The third-order valence-electron chi connectivity index (χ3n) is 4.02. The van der Waals surface area contributed by atoms with Crippen molar-refractivity contribution in [3.63, 3.8) is 0 Å². The van der Waals surface area contributed by atoms with Crippen LogP contribution in [-0.2, 0) is 9.53 Å². The summed E-state index contributed by atoms with van der Waals surface area (Å²) in [5, 5.41) is 12.1. The molecule has 1 aliphatic heterocycles. The van der Waals surface area contributed by atoms with Crippen LogP contribution in [0.2, 0.25) is 0 Å². The molecule has 130 valence electrons. The fraction of sp³-hybridized carbons (Fsp3) is 0.222. The van der Waals surface area contributed by atoms with E-state index < -0.39 is 29.3 Å². The highest BCUT2D eigenvalue weighted by Gasteiger charge is 2.43. The van der Waals surface area contributed by atoms with E-state index in [0.29, 0.717) is 10.4 Å². The van der Waals surface area contributed by atoms with Crippen molar-refractivity contribution in [1.82, 2.24) is 4.90 Å². The van der Waals surface area contributed by atoms with Crippen molar-refractivity contribution in [2.75, 3.05) is 20.3 Å². The molecule has 7 heteroatoms. The average molecular weight is 361 g/mol. The van der Waals surface area contributed by atoms with Gasteiger partial charge in [-0.15, -0.1) is 11.3 Å². The lowest BCUT2D eigenvalue weighted by Gasteiger charge is -2.26. The number of ether oxygens (including phenoxy) is 1. The minimum atomic E-state index is -0.780. The molecule has 1 unspecified atom stereocenters. The monoisotopic (exact) mass is 361 g/mol. The number of carbonyl (C=O) groups excluding carboxylic acids is 2. The summed E-state index contributed by atoms with van der Waals surface area (Å²) in [7, 11) is 1.50. The van der Waals surface area contributed by atoms with Crippen LogP contribution in [0.3, 0.4) is 0 Å². The zero-order valence-corrected chi connectivity index (χ0v) is 14.3. The molecule has 1 atom stereocenters. The number of amides is 1. The molecule has 0 aliphatic carbocycles. The van der Waals surface area contributed by atoms with E-state index in [1.54, 1.807) is 17.5 Å². The maximum atomic E-state index is 13.3. The van der Waals surface area contributed by atoms with E-state index >= 15 is 0 Å². The minimum Gasteiger partial charge on any atom is -0.503 e. The number of carbonyl (C=O) groups is 2. The Bertz CT molecular complexity index is 814. The summed E-state index contributed by atoms with van der Waals surface area (Å²) < 4.78 is 18.3. The Hall–Kier alpha value is -2.51. The van der Waals surface area contributed by atoms with Crippen molar-refractivity contribution >= 4 is 23.0 Å². The van der Waals surface area contributed by atoms with E-state index in [0.717, 1.165) is 0 Å². The fourth-order valence-corrected chi connectivity index (χ4v) is 3.52. The molecule has 3 rings (SSSR count). The summed E-state index contributed by atoms with van der Waals surface area (Å²) in [6.07, 6.45) is 0. The maximum absolute atomic E-state index is 13.3. The molecule has 5 nitrogen and oxygen atoms in total. The van der Waals surface area contributed by atoms with Crippen LogP contribution in [0.25, 0.3) is 0 Å². The van der Waals surface area contributed by atoms with Gasteiger partial charge in [-0.05, 0) is 29.1 Å². The highest BCUT2D eigenvalue weighted by molar-refractivity contribution is 7.12. The number of thiophene rings is 1. The highest BCUT2D eigenvalue weighted by Crippen LogP contribution is 2.39. The number of halogens is 1. The Morgan fingerprint density at radius 1 is 1.32 bits per heavy atom. The second-order valence-electron chi connectivity index (χ2n) is 5.51. The molecule has 0 spiro atoms. The van der Waals surface area contributed by atoms with E-state index in [1.165, 1.54) is 47.6 Å². The molecular weight excluding hydrogens is 345 g/mol. The number of nitrogens with zero attached hydrogens (tertiary/aromatic N) is 1. The second-order valence-corrected chi connectivity index (χ2v) is 6.46. The van der Waals surface area contributed by atoms with E-state index in [-0.39, 0.29) is 18.7 Å². The second kappa shape index (κ2) is 7.16. The minimum absolute atomic E-state index is 0.00941. The Balaban J connectivity index is 2.06. The van der Waals surface area contributed by atoms with Gasteiger partial charge in [-0.3, -0.25) is 9.59 Å². The van der Waals surface area contributed by atoms with Gasteiger partial charge < -0.3 is 14.7 Å². The number of ketones is 1. The number of benzene rings is 1. The molecule has 0 saturated carbocycles. The van der Waals surface area contributed by atoms with Crippen molar-refractivity contribution in [1.29, 1.82) is 0 Å². The van der Waals surface area contributed by atoms with Gasteiger partial charge in [-0.25, -0.2) is 4.39 Å².